The molecular formula is C58H99NO5. The van der Waals surface area contributed by atoms with Crippen LogP contribution in [0, 0.1) is 0 Å². The summed E-state index contributed by atoms with van der Waals surface area (Å²) >= 11 is 0. The summed E-state index contributed by atoms with van der Waals surface area (Å²) in [5, 5.41) is 23.8. The van der Waals surface area contributed by atoms with Crippen LogP contribution in [0.25, 0.3) is 0 Å². The topological polar surface area (TPSA) is 95.9 Å². The molecule has 0 aromatic heterocycles. The number of unbranched alkanes of at least 4 members (excludes halogenated alkanes) is 19. The molecule has 3 N–H and O–H groups in total. The zero-order valence-electron chi connectivity index (χ0n) is 41.6. The number of nitrogens with one attached hydrogen (secondary N) is 1. The minimum atomic E-state index is -0.821. The number of carbonyl (C=O) groups is 2. The van der Waals surface area contributed by atoms with E-state index >= 15 is 0 Å². The van der Waals surface area contributed by atoms with Crippen molar-refractivity contribution in [2.75, 3.05) is 6.61 Å². The fraction of sp³-hybridized carbons (Fsp3) is 0.690. The average Bonchev–Trinajstić information content (AvgIpc) is 3.29. The normalized spacial score (nSPS) is 14.0. The molecule has 6 nitrogen and oxygen atoms in total. The van der Waals surface area contributed by atoms with Crippen LogP contribution in [0.15, 0.2) is 97.2 Å². The summed E-state index contributed by atoms with van der Waals surface area (Å²) in [6, 6.07) is -0.742. The first kappa shape index (κ1) is 60.8. The van der Waals surface area contributed by atoms with Gasteiger partial charge in [-0.2, -0.15) is 0 Å². The van der Waals surface area contributed by atoms with Crippen LogP contribution in [0.3, 0.4) is 0 Å². The van der Waals surface area contributed by atoms with Crippen molar-refractivity contribution in [2.45, 2.75) is 251 Å². The van der Waals surface area contributed by atoms with Gasteiger partial charge < -0.3 is 20.3 Å². The number of hydrogen-bond acceptors (Lipinski definition) is 5. The van der Waals surface area contributed by atoms with Gasteiger partial charge in [-0.15, -0.1) is 0 Å². The van der Waals surface area contributed by atoms with Crippen LogP contribution in [0.5, 0.6) is 0 Å². The van der Waals surface area contributed by atoms with E-state index in [9.17, 15) is 19.8 Å². The number of hydrogen-bond donors (Lipinski definition) is 3. The van der Waals surface area contributed by atoms with E-state index in [0.29, 0.717) is 19.3 Å². The molecule has 1 amide bonds. The number of amides is 1. The van der Waals surface area contributed by atoms with E-state index in [0.717, 1.165) is 103 Å². The van der Waals surface area contributed by atoms with E-state index in [2.05, 4.69) is 111 Å². The van der Waals surface area contributed by atoms with Crippen molar-refractivity contribution in [2.24, 2.45) is 0 Å². The molecule has 3 unspecified atom stereocenters. The molecule has 0 saturated heterocycles. The van der Waals surface area contributed by atoms with Crippen LogP contribution in [-0.4, -0.2) is 46.9 Å². The van der Waals surface area contributed by atoms with Crippen molar-refractivity contribution >= 4 is 11.9 Å². The van der Waals surface area contributed by atoms with Crippen LogP contribution in [-0.2, 0) is 14.3 Å². The molecule has 0 aromatic carbocycles. The Morgan fingerprint density at radius 1 is 0.484 bits per heavy atom. The lowest BCUT2D eigenvalue weighted by Gasteiger charge is -2.24. The fourth-order valence-corrected chi connectivity index (χ4v) is 7.47. The molecule has 0 spiro atoms. The molecule has 0 rings (SSSR count). The molecule has 6 heteroatoms. The standard InChI is InChI=1S/C58H99NO5/c1-4-7-10-13-16-19-22-25-28-30-32-35-38-41-44-47-50-56(61)55(53-60)59-57(62)52-54(49-46-43-40-37-34-31-29-26-23-20-17-14-11-8-5-2)64-58(63)51-48-45-42-39-36-33-27-24-21-18-15-12-9-6-3/h8-9,11-12,17-18,20-21,26-27,29,33-34,37,43,46,54-56,60-61H,4-7,10,13-16,19,22-25,28,30-32,35-36,38-42,44-45,47-53H2,1-3H3,(H,59,62)/b11-8-,12-9+,20-17-,21-18+,29-26-,33-27+,37-34-,46-43-. The maximum absolute atomic E-state index is 13.2. The molecule has 0 fully saturated rings. The smallest absolute Gasteiger partial charge is 0.306 e. The Morgan fingerprint density at radius 3 is 1.33 bits per heavy atom. The molecule has 64 heavy (non-hydrogen) atoms. The summed E-state index contributed by atoms with van der Waals surface area (Å²) in [6.07, 6.45) is 67.7. The number of ether oxygens (including phenoxy) is 1. The number of aliphatic hydroxyl groups excluding tert-OH is 2. The van der Waals surface area contributed by atoms with Gasteiger partial charge in [0.25, 0.3) is 0 Å². The van der Waals surface area contributed by atoms with Gasteiger partial charge in [0.2, 0.25) is 5.91 Å². The molecular weight excluding hydrogens is 791 g/mol. The summed E-state index contributed by atoms with van der Waals surface area (Å²) in [7, 11) is 0. The zero-order valence-corrected chi connectivity index (χ0v) is 41.6. The summed E-state index contributed by atoms with van der Waals surface area (Å²) in [5.41, 5.74) is 0. The van der Waals surface area contributed by atoms with Gasteiger partial charge in [0.05, 0.1) is 25.2 Å². The van der Waals surface area contributed by atoms with Crippen LogP contribution in [0.1, 0.15) is 233 Å². The molecule has 0 radical (unpaired) electrons. The summed E-state index contributed by atoms with van der Waals surface area (Å²) < 4.78 is 5.86. The van der Waals surface area contributed by atoms with Crippen molar-refractivity contribution in [3.63, 3.8) is 0 Å². The number of aliphatic hydroxyl groups is 2. The molecule has 0 aromatic rings. The number of allylic oxidation sites excluding steroid dienone is 15. The zero-order chi connectivity index (χ0) is 46.7. The average molecular weight is 890 g/mol. The van der Waals surface area contributed by atoms with Gasteiger partial charge in [-0.25, -0.2) is 0 Å². The molecule has 0 aliphatic carbocycles. The van der Waals surface area contributed by atoms with Gasteiger partial charge >= 0.3 is 5.97 Å². The fourth-order valence-electron chi connectivity index (χ4n) is 7.47. The number of esters is 1. The van der Waals surface area contributed by atoms with Crippen LogP contribution >= 0.6 is 0 Å². The second-order valence-electron chi connectivity index (χ2n) is 17.5. The first-order chi connectivity index (χ1) is 31.5. The van der Waals surface area contributed by atoms with Crippen molar-refractivity contribution in [1.82, 2.24) is 5.32 Å². The van der Waals surface area contributed by atoms with Crippen molar-refractivity contribution in [3.05, 3.63) is 97.2 Å². The lowest BCUT2D eigenvalue weighted by molar-refractivity contribution is -0.150. The Morgan fingerprint density at radius 2 is 0.875 bits per heavy atom. The maximum atomic E-state index is 13.2. The second kappa shape index (κ2) is 50.8. The Hall–Kier alpha value is -3.22. The first-order valence-electron chi connectivity index (χ1n) is 26.5. The van der Waals surface area contributed by atoms with E-state index in [1.807, 2.05) is 12.2 Å². The molecule has 366 valence electrons. The van der Waals surface area contributed by atoms with E-state index in [4.69, 9.17) is 4.74 Å². The van der Waals surface area contributed by atoms with E-state index in [1.54, 1.807) is 0 Å². The highest BCUT2D eigenvalue weighted by Gasteiger charge is 2.23. The Labute approximate surface area is 395 Å². The van der Waals surface area contributed by atoms with Gasteiger partial charge in [0.1, 0.15) is 6.10 Å². The molecule has 0 bridgehead atoms. The van der Waals surface area contributed by atoms with Crippen molar-refractivity contribution < 1.29 is 24.5 Å². The number of rotatable bonds is 46. The maximum Gasteiger partial charge on any atom is 0.306 e. The quantitative estimate of drug-likeness (QED) is 0.0321. The monoisotopic (exact) mass is 890 g/mol. The van der Waals surface area contributed by atoms with Gasteiger partial charge in [0, 0.05) is 12.8 Å². The van der Waals surface area contributed by atoms with Crippen molar-refractivity contribution in [1.29, 1.82) is 0 Å². The predicted octanol–water partition coefficient (Wildman–Crippen LogP) is 16.1. The Balaban J connectivity index is 4.72. The Bertz CT molecular complexity index is 1270. The molecule has 0 saturated carbocycles. The lowest BCUT2D eigenvalue weighted by atomic mass is 10.0. The lowest BCUT2D eigenvalue weighted by Crippen LogP contribution is -2.46. The van der Waals surface area contributed by atoms with Gasteiger partial charge in [0.15, 0.2) is 0 Å². The third-order valence-electron chi connectivity index (χ3n) is 11.4. The highest BCUT2D eigenvalue weighted by atomic mass is 16.5. The van der Waals surface area contributed by atoms with Crippen LogP contribution in [0.2, 0.25) is 0 Å². The van der Waals surface area contributed by atoms with Crippen molar-refractivity contribution in [3.8, 4) is 0 Å². The second-order valence-corrected chi connectivity index (χ2v) is 17.5. The van der Waals surface area contributed by atoms with Gasteiger partial charge in [-0.1, -0.05) is 234 Å². The predicted molar refractivity (Wildman–Crippen MR) is 277 cm³/mol. The van der Waals surface area contributed by atoms with Gasteiger partial charge in [-0.3, -0.25) is 9.59 Å². The summed E-state index contributed by atoms with van der Waals surface area (Å²) in [4.78, 5) is 26.1. The van der Waals surface area contributed by atoms with E-state index in [1.165, 1.54) is 83.5 Å². The first-order valence-corrected chi connectivity index (χ1v) is 26.5. The van der Waals surface area contributed by atoms with E-state index in [-0.39, 0.29) is 24.9 Å². The molecule has 0 aliphatic rings. The molecule has 3 atom stereocenters. The van der Waals surface area contributed by atoms with E-state index < -0.39 is 18.2 Å². The molecule has 0 heterocycles. The number of carbonyl (C=O) groups excluding carboxylic acids is 2. The highest BCUT2D eigenvalue weighted by Crippen LogP contribution is 2.16. The molecule has 0 aliphatic heterocycles. The third-order valence-corrected chi connectivity index (χ3v) is 11.4. The summed E-state index contributed by atoms with van der Waals surface area (Å²) in [6.45, 7) is 6.23. The minimum Gasteiger partial charge on any atom is -0.461 e. The third kappa shape index (κ3) is 45.4. The van der Waals surface area contributed by atoms with Crippen LogP contribution in [0.4, 0.5) is 0 Å². The SMILES string of the molecule is CC/C=C\C/C=C\C/C=C\C/C=C\C/C=C\CC(CC(=O)NC(CO)C(O)CCCCCCCCCCCCCCCCCC)OC(=O)CCCCCC/C=C/C/C=C/C/C=C/CC. The Kier molecular flexibility index (Phi) is 48.2. The van der Waals surface area contributed by atoms with Crippen LogP contribution < -0.4 is 5.32 Å². The largest absolute Gasteiger partial charge is 0.461 e. The minimum absolute atomic E-state index is 0.0146. The van der Waals surface area contributed by atoms with Gasteiger partial charge in [-0.05, 0) is 77.0 Å². The summed E-state index contributed by atoms with van der Waals surface area (Å²) in [5.74, 6) is -0.611. The highest BCUT2D eigenvalue weighted by molar-refractivity contribution is 5.77.